The lowest BCUT2D eigenvalue weighted by Gasteiger charge is -2.04. The van der Waals surface area contributed by atoms with Crippen molar-refractivity contribution < 1.29 is 9.53 Å². The van der Waals surface area contributed by atoms with E-state index in [1.54, 1.807) is 19.1 Å². The Morgan fingerprint density at radius 1 is 1.50 bits per heavy atom. The molecule has 0 radical (unpaired) electrons. The highest BCUT2D eigenvalue weighted by atomic mass is 35.5. The van der Waals surface area contributed by atoms with Crippen LogP contribution in [-0.4, -0.2) is 17.6 Å². The Hall–Kier alpha value is -1.09. The molecular weight excluding hydrogens is 202 g/mol. The molecule has 4 heteroatoms. The minimum Gasteiger partial charge on any atom is -0.461 e. The molecule has 0 aliphatic rings. The minimum atomic E-state index is -0.465. The topological polar surface area (TPSA) is 39.2 Å². The van der Waals surface area contributed by atoms with Gasteiger partial charge in [0.25, 0.3) is 0 Å². The zero-order valence-corrected chi connectivity index (χ0v) is 8.97. The van der Waals surface area contributed by atoms with Crippen molar-refractivity contribution in [2.45, 2.75) is 20.3 Å². The number of aromatic nitrogens is 1. The summed E-state index contributed by atoms with van der Waals surface area (Å²) < 4.78 is 4.82. The molecule has 0 saturated heterocycles. The van der Waals surface area contributed by atoms with E-state index >= 15 is 0 Å². The predicted octanol–water partition coefficient (Wildman–Crippen LogP) is 2.47. The van der Waals surface area contributed by atoms with E-state index < -0.39 is 5.97 Å². The number of esters is 1. The Morgan fingerprint density at radius 3 is 2.79 bits per heavy atom. The van der Waals surface area contributed by atoms with Gasteiger partial charge in [0.15, 0.2) is 5.69 Å². The van der Waals surface area contributed by atoms with Crippen LogP contribution in [0.3, 0.4) is 0 Å². The standard InChI is InChI=1S/C10H12ClNO2/c1-3-7-5-6-8(11)9(12-7)10(13)14-4-2/h5-6H,3-4H2,1-2H3. The van der Waals surface area contributed by atoms with Crippen LogP contribution in [0.2, 0.25) is 5.02 Å². The molecule has 0 N–H and O–H groups in total. The van der Waals surface area contributed by atoms with Crippen molar-refractivity contribution in [2.24, 2.45) is 0 Å². The van der Waals surface area contributed by atoms with E-state index in [0.29, 0.717) is 11.6 Å². The molecule has 0 aromatic carbocycles. The summed E-state index contributed by atoms with van der Waals surface area (Å²) in [5.41, 5.74) is 1.03. The van der Waals surface area contributed by atoms with Gasteiger partial charge in [-0.3, -0.25) is 0 Å². The fourth-order valence-corrected chi connectivity index (χ4v) is 1.20. The Kier molecular flexibility index (Phi) is 3.89. The molecule has 0 saturated carbocycles. The molecule has 0 atom stereocenters. The highest BCUT2D eigenvalue weighted by molar-refractivity contribution is 6.33. The molecule has 76 valence electrons. The van der Waals surface area contributed by atoms with Crippen LogP contribution in [0.25, 0.3) is 0 Å². The summed E-state index contributed by atoms with van der Waals surface area (Å²) in [7, 11) is 0. The summed E-state index contributed by atoms with van der Waals surface area (Å²) in [5.74, 6) is -0.465. The largest absolute Gasteiger partial charge is 0.461 e. The van der Waals surface area contributed by atoms with Crippen molar-refractivity contribution in [3.05, 3.63) is 28.5 Å². The predicted molar refractivity (Wildman–Crippen MR) is 54.6 cm³/mol. The number of ether oxygens (including phenoxy) is 1. The molecule has 1 heterocycles. The minimum absolute atomic E-state index is 0.202. The monoisotopic (exact) mass is 213 g/mol. The molecule has 0 aliphatic heterocycles. The van der Waals surface area contributed by atoms with E-state index in [1.807, 2.05) is 6.92 Å². The summed E-state index contributed by atoms with van der Waals surface area (Å²) in [5, 5.41) is 0.334. The van der Waals surface area contributed by atoms with Crippen LogP contribution >= 0.6 is 11.6 Å². The number of carbonyl (C=O) groups excluding carboxylic acids is 1. The second-order valence-corrected chi connectivity index (χ2v) is 3.11. The lowest BCUT2D eigenvalue weighted by Crippen LogP contribution is -2.09. The van der Waals surface area contributed by atoms with Gasteiger partial charge in [-0.25, -0.2) is 9.78 Å². The van der Waals surface area contributed by atoms with Gasteiger partial charge < -0.3 is 4.74 Å². The van der Waals surface area contributed by atoms with Crippen LogP contribution in [0.15, 0.2) is 12.1 Å². The normalized spacial score (nSPS) is 9.93. The number of rotatable bonds is 3. The van der Waals surface area contributed by atoms with E-state index in [2.05, 4.69) is 4.98 Å². The fraction of sp³-hybridized carbons (Fsp3) is 0.400. The molecule has 1 aromatic heterocycles. The fourth-order valence-electron chi connectivity index (χ4n) is 1.02. The number of carbonyl (C=O) groups is 1. The first-order valence-corrected chi connectivity index (χ1v) is 4.89. The number of nitrogens with zero attached hydrogens (tertiary/aromatic N) is 1. The molecule has 0 aliphatic carbocycles. The quantitative estimate of drug-likeness (QED) is 0.725. The summed E-state index contributed by atoms with van der Waals surface area (Å²) in [4.78, 5) is 15.5. The molecule has 0 fully saturated rings. The maximum atomic E-state index is 11.4. The van der Waals surface area contributed by atoms with Crippen LogP contribution in [0.4, 0.5) is 0 Å². The van der Waals surface area contributed by atoms with Gasteiger partial charge in [0, 0.05) is 5.69 Å². The van der Waals surface area contributed by atoms with Gasteiger partial charge in [-0.05, 0) is 25.5 Å². The van der Waals surface area contributed by atoms with Crippen molar-refractivity contribution >= 4 is 17.6 Å². The van der Waals surface area contributed by atoms with Gasteiger partial charge >= 0.3 is 5.97 Å². The van der Waals surface area contributed by atoms with Gasteiger partial charge in [-0.15, -0.1) is 0 Å². The Morgan fingerprint density at radius 2 is 2.21 bits per heavy atom. The van der Waals surface area contributed by atoms with E-state index in [-0.39, 0.29) is 5.69 Å². The van der Waals surface area contributed by atoms with Crippen LogP contribution in [0.5, 0.6) is 0 Å². The van der Waals surface area contributed by atoms with Crippen molar-refractivity contribution in [1.29, 1.82) is 0 Å². The third-order valence-corrected chi connectivity index (χ3v) is 2.04. The summed E-state index contributed by atoms with van der Waals surface area (Å²) in [6.07, 6.45) is 0.767. The van der Waals surface area contributed by atoms with Crippen LogP contribution in [0.1, 0.15) is 30.0 Å². The molecule has 1 aromatic rings. The maximum absolute atomic E-state index is 11.4. The zero-order chi connectivity index (χ0) is 10.6. The van der Waals surface area contributed by atoms with Gasteiger partial charge in [-0.1, -0.05) is 18.5 Å². The van der Waals surface area contributed by atoms with Gasteiger partial charge in [0.05, 0.1) is 11.6 Å². The van der Waals surface area contributed by atoms with Crippen molar-refractivity contribution in [1.82, 2.24) is 4.98 Å². The van der Waals surface area contributed by atoms with E-state index in [4.69, 9.17) is 16.3 Å². The third-order valence-electron chi connectivity index (χ3n) is 1.73. The molecule has 0 unspecified atom stereocenters. The van der Waals surface area contributed by atoms with Crippen molar-refractivity contribution in [3.8, 4) is 0 Å². The van der Waals surface area contributed by atoms with Gasteiger partial charge in [0.2, 0.25) is 0 Å². The average Bonchev–Trinajstić information content (AvgIpc) is 2.19. The molecular formula is C10H12ClNO2. The van der Waals surface area contributed by atoms with Crippen LogP contribution in [0, 0.1) is 0 Å². The second-order valence-electron chi connectivity index (χ2n) is 2.71. The van der Waals surface area contributed by atoms with Gasteiger partial charge in [-0.2, -0.15) is 0 Å². The first-order valence-electron chi connectivity index (χ1n) is 4.51. The number of aryl methyl sites for hydroxylation is 1. The molecule has 0 spiro atoms. The van der Waals surface area contributed by atoms with Crippen LogP contribution < -0.4 is 0 Å². The molecule has 0 bridgehead atoms. The first-order chi connectivity index (χ1) is 6.69. The summed E-state index contributed by atoms with van der Waals surface area (Å²) in [6.45, 7) is 4.04. The summed E-state index contributed by atoms with van der Waals surface area (Å²) in [6, 6.07) is 3.46. The maximum Gasteiger partial charge on any atom is 0.358 e. The number of pyridine rings is 1. The lowest BCUT2D eigenvalue weighted by atomic mass is 10.2. The van der Waals surface area contributed by atoms with E-state index in [0.717, 1.165) is 12.1 Å². The molecule has 3 nitrogen and oxygen atoms in total. The smallest absolute Gasteiger partial charge is 0.358 e. The summed E-state index contributed by atoms with van der Waals surface area (Å²) >= 11 is 5.82. The van der Waals surface area contributed by atoms with Crippen LogP contribution in [-0.2, 0) is 11.2 Å². The Bertz CT molecular complexity index is 339. The van der Waals surface area contributed by atoms with E-state index in [9.17, 15) is 4.79 Å². The molecule has 1 rings (SSSR count). The first kappa shape index (κ1) is 11.0. The SMILES string of the molecule is CCOC(=O)c1nc(CC)ccc1Cl. The highest BCUT2D eigenvalue weighted by Crippen LogP contribution is 2.15. The zero-order valence-electron chi connectivity index (χ0n) is 8.21. The molecule has 0 amide bonds. The van der Waals surface area contributed by atoms with Crippen molar-refractivity contribution in [2.75, 3.05) is 6.61 Å². The Balaban J connectivity index is 2.99. The van der Waals surface area contributed by atoms with Gasteiger partial charge in [0.1, 0.15) is 0 Å². The van der Waals surface area contributed by atoms with E-state index in [1.165, 1.54) is 0 Å². The third kappa shape index (κ3) is 2.45. The Labute approximate surface area is 88.1 Å². The lowest BCUT2D eigenvalue weighted by molar-refractivity contribution is 0.0519. The number of halogens is 1. The molecule has 14 heavy (non-hydrogen) atoms. The van der Waals surface area contributed by atoms with Crippen molar-refractivity contribution in [3.63, 3.8) is 0 Å². The number of hydrogen-bond acceptors (Lipinski definition) is 3. The highest BCUT2D eigenvalue weighted by Gasteiger charge is 2.13. The second kappa shape index (κ2) is 4.96. The number of hydrogen-bond donors (Lipinski definition) is 0. The average molecular weight is 214 g/mol.